The summed E-state index contributed by atoms with van der Waals surface area (Å²) >= 11 is 5.86. The van der Waals surface area contributed by atoms with E-state index in [0.29, 0.717) is 35.8 Å². The molecule has 28 heavy (non-hydrogen) atoms. The number of nitrogens with zero attached hydrogens (tertiary/aromatic N) is 1. The molecule has 1 amide bonds. The Kier molecular flexibility index (Phi) is 7.71. The average molecular weight is 425 g/mol. The minimum Gasteiger partial charge on any atom is -0.481 e. The average Bonchev–Trinajstić information content (AvgIpc) is 2.66. The van der Waals surface area contributed by atoms with E-state index in [-0.39, 0.29) is 5.91 Å². The molecule has 2 rings (SSSR count). The molecular formula is C20H25ClN2O4S. The molecule has 1 N–H and O–H groups in total. The number of hydrogen-bond acceptors (Lipinski definition) is 4. The van der Waals surface area contributed by atoms with Gasteiger partial charge in [0.2, 0.25) is 10.0 Å². The molecule has 0 heterocycles. The van der Waals surface area contributed by atoms with Crippen molar-refractivity contribution in [3.8, 4) is 5.75 Å². The molecular weight excluding hydrogens is 400 g/mol. The van der Waals surface area contributed by atoms with Gasteiger partial charge >= 0.3 is 0 Å². The predicted molar refractivity (Wildman–Crippen MR) is 113 cm³/mol. The summed E-state index contributed by atoms with van der Waals surface area (Å²) in [6.45, 7) is 2.37. The van der Waals surface area contributed by atoms with Gasteiger partial charge in [0.25, 0.3) is 5.91 Å². The summed E-state index contributed by atoms with van der Waals surface area (Å²) in [4.78, 5) is 12.4. The third-order valence-electron chi connectivity index (χ3n) is 4.27. The number of ether oxygens (including phenoxy) is 1. The van der Waals surface area contributed by atoms with Crippen LogP contribution in [0, 0.1) is 0 Å². The van der Waals surface area contributed by atoms with Crippen LogP contribution in [0.1, 0.15) is 18.9 Å². The highest BCUT2D eigenvalue weighted by Crippen LogP contribution is 2.21. The highest BCUT2D eigenvalue weighted by molar-refractivity contribution is 7.92. The number of hydrogen-bond donors (Lipinski definition) is 1. The van der Waals surface area contributed by atoms with Gasteiger partial charge in [-0.25, -0.2) is 8.42 Å². The molecule has 1 atom stereocenters. The van der Waals surface area contributed by atoms with Crippen LogP contribution in [0.25, 0.3) is 0 Å². The molecule has 6 nitrogen and oxygen atoms in total. The molecule has 0 saturated carbocycles. The molecule has 2 aromatic rings. The standard InChI is InChI=1S/C20H25ClN2O4S/c1-4-19(20(24)22-14-13-15-5-7-16(21)8-6-15)27-18-11-9-17(10-12-18)23(2)28(3,25)26/h5-12,19H,4,13-14H2,1-3H3,(H,22,24)/t19-/m1/s1. The molecule has 8 heteroatoms. The zero-order valence-corrected chi connectivity index (χ0v) is 17.8. The second-order valence-corrected chi connectivity index (χ2v) is 8.86. The Morgan fingerprint density at radius 2 is 1.75 bits per heavy atom. The van der Waals surface area contributed by atoms with E-state index >= 15 is 0 Å². The Morgan fingerprint density at radius 3 is 2.29 bits per heavy atom. The largest absolute Gasteiger partial charge is 0.481 e. The quantitative estimate of drug-likeness (QED) is 0.670. The van der Waals surface area contributed by atoms with Crippen molar-refractivity contribution in [1.29, 1.82) is 0 Å². The second-order valence-electron chi connectivity index (χ2n) is 6.41. The first-order chi connectivity index (χ1) is 13.2. The molecule has 0 aliphatic carbocycles. The molecule has 0 fully saturated rings. The summed E-state index contributed by atoms with van der Waals surface area (Å²) in [5.41, 5.74) is 1.61. The number of amides is 1. The summed E-state index contributed by atoms with van der Waals surface area (Å²) < 4.78 is 30.1. The zero-order valence-electron chi connectivity index (χ0n) is 16.2. The molecule has 0 aromatic heterocycles. The second kappa shape index (κ2) is 9.80. The Balaban J connectivity index is 1.90. The summed E-state index contributed by atoms with van der Waals surface area (Å²) in [5, 5.41) is 3.56. The maximum atomic E-state index is 12.4. The van der Waals surface area contributed by atoms with Gasteiger partial charge in [0, 0.05) is 18.6 Å². The Hall–Kier alpha value is -2.25. The molecule has 0 spiro atoms. The number of halogens is 1. The van der Waals surface area contributed by atoms with E-state index in [1.807, 2.05) is 31.2 Å². The summed E-state index contributed by atoms with van der Waals surface area (Å²) in [5.74, 6) is 0.319. The fourth-order valence-corrected chi connectivity index (χ4v) is 3.14. The number of carbonyl (C=O) groups is 1. The zero-order chi connectivity index (χ0) is 20.7. The van der Waals surface area contributed by atoms with Gasteiger partial charge in [-0.1, -0.05) is 30.7 Å². The predicted octanol–water partition coefficient (Wildman–Crippen LogP) is 3.25. The number of sulfonamides is 1. The van der Waals surface area contributed by atoms with E-state index in [1.165, 1.54) is 11.4 Å². The van der Waals surface area contributed by atoms with Gasteiger partial charge in [0.05, 0.1) is 11.9 Å². The van der Waals surface area contributed by atoms with E-state index in [4.69, 9.17) is 16.3 Å². The van der Waals surface area contributed by atoms with Gasteiger partial charge in [-0.05, 0) is 54.8 Å². The van der Waals surface area contributed by atoms with Gasteiger partial charge in [-0.3, -0.25) is 9.10 Å². The fourth-order valence-electron chi connectivity index (χ4n) is 2.51. The highest BCUT2D eigenvalue weighted by Gasteiger charge is 2.18. The number of anilines is 1. The van der Waals surface area contributed by atoms with Gasteiger partial charge < -0.3 is 10.1 Å². The SMILES string of the molecule is CC[C@@H](Oc1ccc(N(C)S(C)(=O)=O)cc1)C(=O)NCCc1ccc(Cl)cc1. The number of nitrogens with one attached hydrogen (secondary N) is 1. The van der Waals surface area contributed by atoms with Crippen molar-refractivity contribution in [1.82, 2.24) is 5.32 Å². The molecule has 0 radical (unpaired) electrons. The first-order valence-electron chi connectivity index (χ1n) is 8.93. The molecule has 0 bridgehead atoms. The van der Waals surface area contributed by atoms with E-state index in [2.05, 4.69) is 5.32 Å². The van der Waals surface area contributed by atoms with Crippen molar-refractivity contribution in [2.24, 2.45) is 0 Å². The van der Waals surface area contributed by atoms with E-state index < -0.39 is 16.1 Å². The van der Waals surface area contributed by atoms with Gasteiger partial charge in [0.1, 0.15) is 5.75 Å². The third-order valence-corrected chi connectivity index (χ3v) is 5.72. The van der Waals surface area contributed by atoms with E-state index in [0.717, 1.165) is 11.8 Å². The van der Waals surface area contributed by atoms with Gasteiger partial charge in [-0.2, -0.15) is 0 Å². The van der Waals surface area contributed by atoms with Crippen LogP contribution in [0.4, 0.5) is 5.69 Å². The Morgan fingerprint density at radius 1 is 1.14 bits per heavy atom. The fraction of sp³-hybridized carbons (Fsp3) is 0.350. The van der Waals surface area contributed by atoms with Crippen LogP contribution in [0.3, 0.4) is 0 Å². The molecule has 0 aliphatic heterocycles. The summed E-state index contributed by atoms with van der Waals surface area (Å²) in [6.07, 6.45) is 1.73. The number of rotatable bonds is 9. The summed E-state index contributed by atoms with van der Waals surface area (Å²) in [7, 11) is -1.84. The van der Waals surface area contributed by atoms with Gasteiger partial charge in [-0.15, -0.1) is 0 Å². The maximum absolute atomic E-state index is 12.4. The van der Waals surface area contributed by atoms with E-state index in [9.17, 15) is 13.2 Å². The smallest absolute Gasteiger partial charge is 0.261 e. The highest BCUT2D eigenvalue weighted by atomic mass is 35.5. The van der Waals surface area contributed by atoms with Crippen LogP contribution in [0.5, 0.6) is 5.75 Å². The molecule has 0 aliphatic rings. The third kappa shape index (κ3) is 6.42. The monoisotopic (exact) mass is 424 g/mol. The Bertz CT molecular complexity index is 883. The van der Waals surface area contributed by atoms with E-state index in [1.54, 1.807) is 24.3 Å². The van der Waals surface area contributed by atoms with Crippen molar-refractivity contribution < 1.29 is 17.9 Å². The summed E-state index contributed by atoms with van der Waals surface area (Å²) in [6, 6.07) is 14.1. The topological polar surface area (TPSA) is 75.7 Å². The van der Waals surface area contributed by atoms with Crippen LogP contribution in [0.15, 0.2) is 48.5 Å². The van der Waals surface area contributed by atoms with Crippen molar-refractivity contribution in [3.05, 3.63) is 59.1 Å². The maximum Gasteiger partial charge on any atom is 0.261 e. The molecule has 2 aromatic carbocycles. The van der Waals surface area contributed by atoms with Crippen LogP contribution in [0.2, 0.25) is 5.02 Å². The van der Waals surface area contributed by atoms with Crippen molar-refractivity contribution in [2.45, 2.75) is 25.9 Å². The molecule has 152 valence electrons. The number of benzene rings is 2. The van der Waals surface area contributed by atoms with Crippen molar-refractivity contribution in [3.63, 3.8) is 0 Å². The number of carbonyl (C=O) groups excluding carboxylic acids is 1. The van der Waals surface area contributed by atoms with Crippen LogP contribution in [-0.2, 0) is 21.2 Å². The van der Waals surface area contributed by atoms with Crippen LogP contribution < -0.4 is 14.4 Å². The minimum atomic E-state index is -3.32. The lowest BCUT2D eigenvalue weighted by Crippen LogP contribution is -2.38. The van der Waals surface area contributed by atoms with Crippen molar-refractivity contribution >= 4 is 33.2 Å². The van der Waals surface area contributed by atoms with Crippen LogP contribution in [-0.4, -0.2) is 40.3 Å². The lowest BCUT2D eigenvalue weighted by Gasteiger charge is -2.19. The van der Waals surface area contributed by atoms with Crippen molar-refractivity contribution in [2.75, 3.05) is 24.2 Å². The van der Waals surface area contributed by atoms with Gasteiger partial charge in [0.15, 0.2) is 6.10 Å². The normalized spacial score (nSPS) is 12.3. The van der Waals surface area contributed by atoms with Crippen LogP contribution >= 0.6 is 11.6 Å². The first-order valence-corrected chi connectivity index (χ1v) is 11.2. The minimum absolute atomic E-state index is 0.186. The lowest BCUT2D eigenvalue weighted by atomic mass is 10.1. The Labute approximate surface area is 171 Å². The lowest BCUT2D eigenvalue weighted by molar-refractivity contribution is -0.128. The molecule has 0 unspecified atom stereocenters. The first kappa shape index (κ1) is 22.0. The molecule has 0 saturated heterocycles.